The fraction of sp³-hybridized carbons (Fsp3) is 0.133. The Morgan fingerprint density at radius 1 is 1.22 bits per heavy atom. The van der Waals surface area contributed by atoms with Crippen LogP contribution < -0.4 is 0 Å². The molecule has 1 aromatic carbocycles. The molecule has 18 heavy (non-hydrogen) atoms. The number of hydrogen-bond donors (Lipinski definition) is 0. The van der Waals surface area contributed by atoms with Crippen LogP contribution in [-0.2, 0) is 7.05 Å². The summed E-state index contributed by atoms with van der Waals surface area (Å²) in [4.78, 5) is 10.8. The van der Waals surface area contributed by atoms with E-state index in [1.807, 2.05) is 26.1 Å². The third kappa shape index (κ3) is 1.48. The van der Waals surface area contributed by atoms with Crippen molar-refractivity contribution in [3.63, 3.8) is 0 Å². The molecule has 0 aliphatic carbocycles. The van der Waals surface area contributed by atoms with E-state index in [0.717, 1.165) is 23.2 Å². The van der Waals surface area contributed by atoms with E-state index in [0.29, 0.717) is 5.76 Å². The standard InChI is InChI=1S/C15H13NO2/c1-10-13(7-11(9-17)18-10)14-8-16(2)15-6-4-3-5-12(14)15/h3-9H,1-2H3. The Morgan fingerprint density at radius 2 is 2.00 bits per heavy atom. The maximum Gasteiger partial charge on any atom is 0.185 e. The molecule has 2 heterocycles. The Labute approximate surface area is 105 Å². The van der Waals surface area contributed by atoms with E-state index < -0.39 is 0 Å². The number of carbonyl (C=O) groups excluding carboxylic acids is 1. The molecule has 0 bridgehead atoms. The van der Waals surface area contributed by atoms with E-state index in [-0.39, 0.29) is 0 Å². The summed E-state index contributed by atoms with van der Waals surface area (Å²) in [6.07, 6.45) is 2.80. The molecule has 0 spiro atoms. The molecular weight excluding hydrogens is 226 g/mol. The minimum atomic E-state index is 0.371. The largest absolute Gasteiger partial charge is 0.458 e. The van der Waals surface area contributed by atoms with Gasteiger partial charge in [0.1, 0.15) is 5.76 Å². The molecule has 0 aliphatic heterocycles. The van der Waals surface area contributed by atoms with Crippen molar-refractivity contribution in [2.75, 3.05) is 0 Å². The van der Waals surface area contributed by atoms with Gasteiger partial charge in [0, 0.05) is 35.3 Å². The number of para-hydroxylation sites is 1. The van der Waals surface area contributed by atoms with Crippen LogP contribution in [0.3, 0.4) is 0 Å². The zero-order chi connectivity index (χ0) is 12.7. The quantitative estimate of drug-likeness (QED) is 0.641. The summed E-state index contributed by atoms with van der Waals surface area (Å²) in [6, 6.07) is 9.99. The topological polar surface area (TPSA) is 35.1 Å². The van der Waals surface area contributed by atoms with Gasteiger partial charge in [0.2, 0.25) is 0 Å². The summed E-state index contributed by atoms with van der Waals surface area (Å²) >= 11 is 0. The predicted octanol–water partition coefficient (Wildman–Crippen LogP) is 3.56. The number of benzene rings is 1. The first-order chi connectivity index (χ1) is 8.70. The number of nitrogens with zero attached hydrogens (tertiary/aromatic N) is 1. The van der Waals surface area contributed by atoms with Crippen molar-refractivity contribution in [2.24, 2.45) is 7.05 Å². The maximum atomic E-state index is 10.8. The lowest BCUT2D eigenvalue weighted by molar-refractivity contribution is 0.109. The van der Waals surface area contributed by atoms with Crippen LogP contribution in [0, 0.1) is 6.92 Å². The summed E-state index contributed by atoms with van der Waals surface area (Å²) in [5, 5.41) is 1.17. The normalized spacial score (nSPS) is 11.0. The minimum absolute atomic E-state index is 0.371. The van der Waals surface area contributed by atoms with Crippen molar-refractivity contribution in [3.05, 3.63) is 48.0 Å². The van der Waals surface area contributed by atoms with Crippen LogP contribution in [0.5, 0.6) is 0 Å². The van der Waals surface area contributed by atoms with E-state index in [4.69, 9.17) is 4.42 Å². The van der Waals surface area contributed by atoms with E-state index in [2.05, 4.69) is 22.9 Å². The third-order valence-electron chi connectivity index (χ3n) is 3.24. The number of aldehydes is 1. The summed E-state index contributed by atoms with van der Waals surface area (Å²) in [7, 11) is 2.02. The summed E-state index contributed by atoms with van der Waals surface area (Å²) in [6.45, 7) is 1.88. The molecule has 0 radical (unpaired) electrons. The first-order valence-electron chi connectivity index (χ1n) is 5.81. The van der Waals surface area contributed by atoms with Crippen molar-refractivity contribution in [2.45, 2.75) is 6.92 Å². The fourth-order valence-electron chi connectivity index (χ4n) is 2.39. The van der Waals surface area contributed by atoms with Gasteiger partial charge in [-0.3, -0.25) is 4.79 Å². The molecule has 0 aliphatic rings. The number of hydrogen-bond acceptors (Lipinski definition) is 2. The summed E-state index contributed by atoms with van der Waals surface area (Å²) in [5.41, 5.74) is 3.25. The van der Waals surface area contributed by atoms with Gasteiger partial charge in [0.15, 0.2) is 12.0 Å². The van der Waals surface area contributed by atoms with Gasteiger partial charge in [-0.05, 0) is 19.1 Å². The van der Waals surface area contributed by atoms with E-state index in [1.165, 1.54) is 10.9 Å². The van der Waals surface area contributed by atoms with Crippen LogP contribution in [0.25, 0.3) is 22.0 Å². The second kappa shape index (κ2) is 3.88. The van der Waals surface area contributed by atoms with E-state index in [9.17, 15) is 4.79 Å². The molecule has 3 aromatic rings. The van der Waals surface area contributed by atoms with Crippen LogP contribution in [0.15, 0.2) is 40.9 Å². The lowest BCUT2D eigenvalue weighted by Crippen LogP contribution is -1.81. The second-order valence-electron chi connectivity index (χ2n) is 4.41. The number of furan rings is 1. The van der Waals surface area contributed by atoms with Gasteiger partial charge in [-0.1, -0.05) is 18.2 Å². The molecular formula is C15H13NO2. The molecule has 3 rings (SSSR count). The summed E-state index contributed by atoms with van der Waals surface area (Å²) < 4.78 is 7.48. The van der Waals surface area contributed by atoms with Crippen LogP contribution in [0.4, 0.5) is 0 Å². The molecule has 2 aromatic heterocycles. The van der Waals surface area contributed by atoms with Gasteiger partial charge < -0.3 is 8.98 Å². The number of fused-ring (bicyclic) bond motifs is 1. The first kappa shape index (κ1) is 10.8. The van der Waals surface area contributed by atoms with Gasteiger partial charge in [-0.25, -0.2) is 0 Å². The zero-order valence-corrected chi connectivity index (χ0v) is 10.3. The van der Waals surface area contributed by atoms with Crippen molar-refractivity contribution in [1.29, 1.82) is 0 Å². The van der Waals surface area contributed by atoms with E-state index in [1.54, 1.807) is 6.07 Å². The molecule has 0 N–H and O–H groups in total. The van der Waals surface area contributed by atoms with Gasteiger partial charge in [-0.2, -0.15) is 0 Å². The highest BCUT2D eigenvalue weighted by Crippen LogP contribution is 2.33. The molecule has 0 saturated heterocycles. The lowest BCUT2D eigenvalue weighted by atomic mass is 10.1. The number of carbonyl (C=O) groups is 1. The Balaban J connectivity index is 2.31. The minimum Gasteiger partial charge on any atom is -0.458 e. The van der Waals surface area contributed by atoms with Crippen LogP contribution in [-0.4, -0.2) is 10.9 Å². The zero-order valence-electron chi connectivity index (χ0n) is 10.3. The van der Waals surface area contributed by atoms with Gasteiger partial charge in [-0.15, -0.1) is 0 Å². The smallest absolute Gasteiger partial charge is 0.185 e. The van der Waals surface area contributed by atoms with Crippen LogP contribution in [0.1, 0.15) is 16.3 Å². The highest BCUT2D eigenvalue weighted by molar-refractivity contribution is 5.97. The highest BCUT2D eigenvalue weighted by atomic mass is 16.3. The third-order valence-corrected chi connectivity index (χ3v) is 3.24. The average Bonchev–Trinajstić information content (AvgIpc) is 2.91. The molecule has 3 heteroatoms. The predicted molar refractivity (Wildman–Crippen MR) is 70.7 cm³/mol. The van der Waals surface area contributed by atoms with Crippen molar-refractivity contribution in [3.8, 4) is 11.1 Å². The number of rotatable bonds is 2. The molecule has 0 saturated carbocycles. The molecule has 0 amide bonds. The number of aromatic nitrogens is 1. The molecule has 3 nitrogen and oxygen atoms in total. The van der Waals surface area contributed by atoms with Gasteiger partial charge in [0.25, 0.3) is 0 Å². The lowest BCUT2D eigenvalue weighted by Gasteiger charge is -1.96. The van der Waals surface area contributed by atoms with E-state index >= 15 is 0 Å². The van der Waals surface area contributed by atoms with Crippen molar-refractivity contribution in [1.82, 2.24) is 4.57 Å². The van der Waals surface area contributed by atoms with Gasteiger partial charge >= 0.3 is 0 Å². The molecule has 0 fully saturated rings. The average molecular weight is 239 g/mol. The number of aryl methyl sites for hydroxylation is 2. The molecule has 90 valence electrons. The highest BCUT2D eigenvalue weighted by Gasteiger charge is 2.14. The Hall–Kier alpha value is -2.29. The Morgan fingerprint density at radius 3 is 2.72 bits per heavy atom. The Kier molecular flexibility index (Phi) is 2.33. The van der Waals surface area contributed by atoms with Crippen LogP contribution in [0.2, 0.25) is 0 Å². The second-order valence-corrected chi connectivity index (χ2v) is 4.41. The summed E-state index contributed by atoms with van der Waals surface area (Å²) in [5.74, 6) is 1.14. The van der Waals surface area contributed by atoms with Crippen molar-refractivity contribution >= 4 is 17.2 Å². The van der Waals surface area contributed by atoms with Crippen molar-refractivity contribution < 1.29 is 9.21 Å². The monoisotopic (exact) mass is 239 g/mol. The molecule has 0 unspecified atom stereocenters. The fourth-order valence-corrected chi connectivity index (χ4v) is 2.39. The molecule has 0 atom stereocenters. The maximum absolute atomic E-state index is 10.8. The first-order valence-corrected chi connectivity index (χ1v) is 5.81. The Bertz CT molecular complexity index is 734. The SMILES string of the molecule is Cc1oc(C=O)cc1-c1cn(C)c2ccccc12. The van der Waals surface area contributed by atoms with Gasteiger partial charge in [0.05, 0.1) is 0 Å². The van der Waals surface area contributed by atoms with Crippen LogP contribution >= 0.6 is 0 Å².